The van der Waals surface area contributed by atoms with E-state index in [2.05, 4.69) is 0 Å². The van der Waals surface area contributed by atoms with Gasteiger partial charge in [0.05, 0.1) is 0 Å². The largest absolute Gasteiger partial charge is 0.479 e. The number of carboxylic acids is 1. The first kappa shape index (κ1) is 11.8. The fourth-order valence-corrected chi connectivity index (χ4v) is 3.40. The summed E-state index contributed by atoms with van der Waals surface area (Å²) in [5, 5.41) is 9.44. The van der Waals surface area contributed by atoms with Crippen molar-refractivity contribution in [2.45, 2.75) is 63.1 Å². The maximum atomic E-state index is 12.3. The monoisotopic (exact) mass is 253 g/mol. The summed E-state index contributed by atoms with van der Waals surface area (Å²) in [5.41, 5.74) is -1.75. The van der Waals surface area contributed by atoms with Crippen LogP contribution < -0.4 is 0 Å². The second-order valence-corrected chi connectivity index (χ2v) is 6.87. The zero-order valence-electron chi connectivity index (χ0n) is 11.0. The van der Waals surface area contributed by atoms with Gasteiger partial charge in [0.1, 0.15) is 11.1 Å². The normalized spacial score (nSPS) is 35.3. The van der Waals surface area contributed by atoms with Crippen molar-refractivity contribution in [2.24, 2.45) is 5.92 Å². The summed E-state index contributed by atoms with van der Waals surface area (Å²) >= 11 is 0. The van der Waals surface area contributed by atoms with Gasteiger partial charge in [0, 0.05) is 5.54 Å². The Kier molecular flexibility index (Phi) is 1.97. The van der Waals surface area contributed by atoms with E-state index < -0.39 is 23.2 Å². The molecule has 100 valence electrons. The van der Waals surface area contributed by atoms with E-state index in [1.165, 1.54) is 0 Å². The molecule has 18 heavy (non-hydrogen) atoms. The molecule has 5 nitrogen and oxygen atoms in total. The first-order chi connectivity index (χ1) is 8.21. The van der Waals surface area contributed by atoms with Crippen molar-refractivity contribution >= 4 is 12.1 Å². The van der Waals surface area contributed by atoms with Gasteiger partial charge in [0.25, 0.3) is 0 Å². The Morgan fingerprint density at radius 1 is 1.28 bits per heavy atom. The fourth-order valence-electron chi connectivity index (χ4n) is 3.40. The molecular weight excluding hydrogens is 234 g/mol. The van der Waals surface area contributed by atoms with Gasteiger partial charge in [-0.1, -0.05) is 0 Å². The molecule has 0 radical (unpaired) electrons. The van der Waals surface area contributed by atoms with Gasteiger partial charge in [-0.3, -0.25) is 4.90 Å². The Bertz CT molecular complexity index is 435. The number of amides is 1. The molecular formula is C13H19NO4. The standard InChI is InChI=1S/C13H19NO4/c1-11(2,3)18-10(17)14-12(4-5-12)6-8-7-13(8,14)9(15)16/h8H,4-7H2,1-3H3,(H,15,16). The van der Waals surface area contributed by atoms with Crippen LogP contribution in [0.1, 0.15) is 46.5 Å². The van der Waals surface area contributed by atoms with E-state index >= 15 is 0 Å². The number of likely N-dealkylation sites (tertiary alicyclic amines) is 1. The molecule has 3 rings (SSSR count). The minimum atomic E-state index is -0.959. The molecule has 2 unspecified atom stereocenters. The summed E-state index contributed by atoms with van der Waals surface area (Å²) in [6.45, 7) is 5.41. The molecule has 3 aliphatic rings. The molecule has 0 aromatic heterocycles. The van der Waals surface area contributed by atoms with Crippen molar-refractivity contribution < 1.29 is 19.4 Å². The summed E-state index contributed by atoms with van der Waals surface area (Å²) in [6, 6.07) is 0. The lowest BCUT2D eigenvalue weighted by Gasteiger charge is -2.34. The highest BCUT2D eigenvalue weighted by Gasteiger charge is 2.79. The number of carboxylic acid groups (broad SMARTS) is 1. The summed E-state index contributed by atoms with van der Waals surface area (Å²) in [6.07, 6.45) is 2.79. The number of piperidine rings is 1. The molecule has 1 spiro atoms. The zero-order valence-corrected chi connectivity index (χ0v) is 11.0. The highest BCUT2D eigenvalue weighted by Crippen LogP contribution is 2.68. The van der Waals surface area contributed by atoms with Gasteiger partial charge in [0.2, 0.25) is 0 Å². The Hall–Kier alpha value is -1.26. The fraction of sp³-hybridized carbons (Fsp3) is 0.846. The number of fused-ring (bicyclic) bond motifs is 1. The van der Waals surface area contributed by atoms with Crippen molar-refractivity contribution in [3.8, 4) is 0 Å². The topological polar surface area (TPSA) is 66.8 Å². The van der Waals surface area contributed by atoms with E-state index in [0.717, 1.165) is 19.3 Å². The Morgan fingerprint density at radius 3 is 2.33 bits per heavy atom. The molecule has 2 aliphatic carbocycles. The van der Waals surface area contributed by atoms with Crippen molar-refractivity contribution in [1.82, 2.24) is 4.90 Å². The van der Waals surface area contributed by atoms with Gasteiger partial charge in [-0.2, -0.15) is 0 Å². The van der Waals surface area contributed by atoms with Crippen molar-refractivity contribution in [2.75, 3.05) is 0 Å². The van der Waals surface area contributed by atoms with Crippen LogP contribution in [0.25, 0.3) is 0 Å². The Morgan fingerprint density at radius 2 is 1.89 bits per heavy atom. The predicted octanol–water partition coefficient (Wildman–Crippen LogP) is 2.00. The molecule has 0 bridgehead atoms. The van der Waals surface area contributed by atoms with Crippen LogP contribution in [0.3, 0.4) is 0 Å². The van der Waals surface area contributed by atoms with Gasteiger partial charge < -0.3 is 9.84 Å². The number of rotatable bonds is 1. The van der Waals surface area contributed by atoms with Crippen LogP contribution in [0, 0.1) is 5.92 Å². The molecule has 2 saturated carbocycles. The molecule has 2 atom stereocenters. The minimum Gasteiger partial charge on any atom is -0.479 e. The van der Waals surface area contributed by atoms with E-state index in [0.29, 0.717) is 6.42 Å². The molecule has 0 aromatic carbocycles. The highest BCUT2D eigenvalue weighted by molar-refractivity contribution is 5.90. The third-order valence-corrected chi connectivity index (χ3v) is 4.35. The van der Waals surface area contributed by atoms with Gasteiger partial charge in [0.15, 0.2) is 0 Å². The Labute approximate surface area is 106 Å². The maximum absolute atomic E-state index is 12.3. The third kappa shape index (κ3) is 1.39. The van der Waals surface area contributed by atoms with Gasteiger partial charge in [-0.25, -0.2) is 9.59 Å². The van der Waals surface area contributed by atoms with Gasteiger partial charge in [-0.15, -0.1) is 0 Å². The van der Waals surface area contributed by atoms with Crippen molar-refractivity contribution in [3.05, 3.63) is 0 Å². The number of nitrogens with zero attached hydrogens (tertiary/aromatic N) is 1. The highest BCUT2D eigenvalue weighted by atomic mass is 16.6. The molecule has 1 heterocycles. The summed E-state index contributed by atoms with van der Waals surface area (Å²) in [7, 11) is 0. The lowest BCUT2D eigenvalue weighted by atomic mass is 10.1. The van der Waals surface area contributed by atoms with Crippen LogP contribution in [0.5, 0.6) is 0 Å². The smallest absolute Gasteiger partial charge is 0.411 e. The quantitative estimate of drug-likeness (QED) is 0.776. The number of aliphatic carboxylic acids is 1. The molecule has 1 amide bonds. The van der Waals surface area contributed by atoms with Crippen LogP contribution in [-0.4, -0.2) is 38.7 Å². The number of ether oxygens (including phenoxy) is 1. The lowest BCUT2D eigenvalue weighted by molar-refractivity contribution is -0.145. The lowest BCUT2D eigenvalue weighted by Crippen LogP contribution is -2.52. The summed E-state index contributed by atoms with van der Waals surface area (Å²) in [4.78, 5) is 25.4. The van der Waals surface area contributed by atoms with Gasteiger partial charge in [-0.05, 0) is 52.4 Å². The Balaban J connectivity index is 1.88. The summed E-state index contributed by atoms with van der Waals surface area (Å²) in [5.74, 6) is -0.743. The van der Waals surface area contributed by atoms with E-state index in [9.17, 15) is 14.7 Å². The van der Waals surface area contributed by atoms with E-state index in [-0.39, 0.29) is 11.5 Å². The molecule has 1 aliphatic heterocycles. The van der Waals surface area contributed by atoms with Crippen LogP contribution in [-0.2, 0) is 9.53 Å². The van der Waals surface area contributed by atoms with Crippen LogP contribution in [0.2, 0.25) is 0 Å². The minimum absolute atomic E-state index is 0.130. The SMILES string of the molecule is CC(C)(C)OC(=O)N1C2(CC2)CC2CC21C(=O)O. The molecule has 5 heteroatoms. The molecule has 1 N–H and O–H groups in total. The third-order valence-electron chi connectivity index (χ3n) is 4.35. The van der Waals surface area contributed by atoms with E-state index in [1.807, 2.05) is 0 Å². The predicted molar refractivity (Wildman–Crippen MR) is 63.1 cm³/mol. The second kappa shape index (κ2) is 3.00. The molecule has 0 aromatic rings. The first-order valence-electron chi connectivity index (χ1n) is 6.48. The number of carbonyl (C=O) groups excluding carboxylic acids is 1. The second-order valence-electron chi connectivity index (χ2n) is 6.87. The average molecular weight is 253 g/mol. The average Bonchev–Trinajstić information content (AvgIpc) is 3.04. The molecule has 1 saturated heterocycles. The van der Waals surface area contributed by atoms with Crippen LogP contribution in [0.4, 0.5) is 4.79 Å². The van der Waals surface area contributed by atoms with Crippen molar-refractivity contribution in [3.63, 3.8) is 0 Å². The first-order valence-corrected chi connectivity index (χ1v) is 6.48. The van der Waals surface area contributed by atoms with E-state index in [4.69, 9.17) is 4.74 Å². The summed E-state index contributed by atoms with van der Waals surface area (Å²) < 4.78 is 5.39. The number of carbonyl (C=O) groups is 2. The zero-order chi connectivity index (χ0) is 13.3. The maximum Gasteiger partial charge on any atom is 0.411 e. The van der Waals surface area contributed by atoms with Crippen LogP contribution >= 0.6 is 0 Å². The number of hydrogen-bond acceptors (Lipinski definition) is 3. The van der Waals surface area contributed by atoms with Crippen molar-refractivity contribution in [1.29, 1.82) is 0 Å². The molecule has 3 fully saturated rings. The van der Waals surface area contributed by atoms with E-state index in [1.54, 1.807) is 25.7 Å². The number of hydrogen-bond donors (Lipinski definition) is 1. The van der Waals surface area contributed by atoms with Gasteiger partial charge >= 0.3 is 12.1 Å². The van der Waals surface area contributed by atoms with Crippen LogP contribution in [0.15, 0.2) is 0 Å².